The first-order chi connectivity index (χ1) is 6.29. The van der Waals surface area contributed by atoms with Gasteiger partial charge < -0.3 is 4.74 Å². The molecule has 1 aromatic carbocycles. The van der Waals surface area contributed by atoms with Crippen molar-refractivity contribution in [1.29, 1.82) is 0 Å². The molecule has 0 bridgehead atoms. The van der Waals surface area contributed by atoms with E-state index in [0.29, 0.717) is 17.1 Å². The summed E-state index contributed by atoms with van der Waals surface area (Å²) in [6.45, 7) is 0. The maximum absolute atomic E-state index is 11.5. The average Bonchev–Trinajstić information content (AvgIpc) is 2.18. The van der Waals surface area contributed by atoms with E-state index < -0.39 is 0 Å². The number of ketones is 1. The first kappa shape index (κ1) is 10.1. The number of Topliss-reactive ketones (excluding diaryl/α,β-unsaturated/α-hetero) is 1. The topological polar surface area (TPSA) is 26.3 Å². The Hall–Kier alpha value is -0.960. The first-order valence-corrected chi connectivity index (χ1v) is 5.34. The van der Waals surface area contributed by atoms with Gasteiger partial charge in [0, 0.05) is 0 Å². The van der Waals surface area contributed by atoms with Crippen molar-refractivity contribution in [2.75, 3.05) is 19.1 Å². The second-order valence-electron chi connectivity index (χ2n) is 2.56. The molecule has 0 spiro atoms. The highest BCUT2D eigenvalue weighted by atomic mass is 32.2. The van der Waals surface area contributed by atoms with E-state index in [9.17, 15) is 4.79 Å². The third kappa shape index (κ3) is 2.49. The second-order valence-corrected chi connectivity index (χ2v) is 3.42. The van der Waals surface area contributed by atoms with Crippen LogP contribution in [0.5, 0.6) is 5.75 Å². The van der Waals surface area contributed by atoms with E-state index >= 15 is 0 Å². The molecular formula is C10H12O2S. The van der Waals surface area contributed by atoms with Gasteiger partial charge in [-0.2, -0.15) is 11.8 Å². The molecule has 1 rings (SSSR count). The maximum Gasteiger partial charge on any atom is 0.176 e. The lowest BCUT2D eigenvalue weighted by molar-refractivity contribution is 0.102. The molecule has 70 valence electrons. The Morgan fingerprint density at radius 1 is 1.46 bits per heavy atom. The summed E-state index contributed by atoms with van der Waals surface area (Å²) >= 11 is 1.52. The van der Waals surface area contributed by atoms with Gasteiger partial charge in [-0.15, -0.1) is 0 Å². The lowest BCUT2D eigenvalue weighted by Crippen LogP contribution is -2.04. The van der Waals surface area contributed by atoms with Crippen molar-refractivity contribution in [2.24, 2.45) is 0 Å². The molecular weight excluding hydrogens is 184 g/mol. The zero-order valence-electron chi connectivity index (χ0n) is 7.74. The van der Waals surface area contributed by atoms with E-state index in [0.717, 1.165) is 0 Å². The summed E-state index contributed by atoms with van der Waals surface area (Å²) in [6, 6.07) is 7.29. The second kappa shape index (κ2) is 4.92. The van der Waals surface area contributed by atoms with E-state index in [1.165, 1.54) is 11.8 Å². The standard InChI is InChI=1S/C10H12O2S/c1-12-10-6-4-3-5-8(10)9(11)7-13-2/h3-6H,7H2,1-2H3. The molecule has 13 heavy (non-hydrogen) atoms. The van der Waals surface area contributed by atoms with Crippen LogP contribution in [0.2, 0.25) is 0 Å². The summed E-state index contributed by atoms with van der Waals surface area (Å²) in [6.07, 6.45) is 1.91. The SMILES string of the molecule is COc1ccccc1C(=O)CSC. The molecule has 0 atom stereocenters. The van der Waals surface area contributed by atoms with Gasteiger partial charge in [-0.1, -0.05) is 12.1 Å². The molecule has 0 aliphatic rings. The number of rotatable bonds is 4. The number of benzene rings is 1. The molecule has 0 fully saturated rings. The summed E-state index contributed by atoms with van der Waals surface area (Å²) in [5.41, 5.74) is 0.666. The zero-order chi connectivity index (χ0) is 9.68. The normalized spacial score (nSPS) is 9.69. The van der Waals surface area contributed by atoms with Crippen LogP contribution in [0.3, 0.4) is 0 Å². The molecule has 2 nitrogen and oxygen atoms in total. The number of hydrogen-bond acceptors (Lipinski definition) is 3. The first-order valence-electron chi connectivity index (χ1n) is 3.94. The molecule has 0 N–H and O–H groups in total. The van der Waals surface area contributed by atoms with Gasteiger partial charge in [0.15, 0.2) is 5.78 Å². The molecule has 3 heteroatoms. The number of ether oxygens (including phenoxy) is 1. The van der Waals surface area contributed by atoms with Crippen LogP contribution >= 0.6 is 11.8 Å². The van der Waals surface area contributed by atoms with Gasteiger partial charge in [-0.3, -0.25) is 4.79 Å². The number of methoxy groups -OCH3 is 1. The van der Waals surface area contributed by atoms with Crippen LogP contribution in [0.4, 0.5) is 0 Å². The van der Waals surface area contributed by atoms with Crippen molar-refractivity contribution in [2.45, 2.75) is 0 Å². The monoisotopic (exact) mass is 196 g/mol. The fourth-order valence-corrected chi connectivity index (χ4v) is 1.50. The van der Waals surface area contributed by atoms with Crippen LogP contribution in [-0.2, 0) is 0 Å². The third-order valence-electron chi connectivity index (χ3n) is 1.68. The molecule has 0 unspecified atom stereocenters. The minimum Gasteiger partial charge on any atom is -0.496 e. The van der Waals surface area contributed by atoms with Gasteiger partial charge in [0.05, 0.1) is 18.4 Å². The quantitative estimate of drug-likeness (QED) is 0.691. The largest absolute Gasteiger partial charge is 0.496 e. The Kier molecular flexibility index (Phi) is 3.83. The Morgan fingerprint density at radius 3 is 2.77 bits per heavy atom. The third-order valence-corrected chi connectivity index (χ3v) is 2.23. The van der Waals surface area contributed by atoms with E-state index in [4.69, 9.17) is 4.74 Å². The summed E-state index contributed by atoms with van der Waals surface area (Å²) in [5, 5.41) is 0. The van der Waals surface area contributed by atoms with Crippen molar-refractivity contribution >= 4 is 17.5 Å². The van der Waals surface area contributed by atoms with Crippen LogP contribution < -0.4 is 4.74 Å². The Balaban J connectivity index is 2.92. The highest BCUT2D eigenvalue weighted by Crippen LogP contribution is 2.18. The number of para-hydroxylation sites is 1. The molecule has 0 aromatic heterocycles. The van der Waals surface area contributed by atoms with E-state index in [2.05, 4.69) is 0 Å². The minimum absolute atomic E-state index is 0.116. The fourth-order valence-electron chi connectivity index (χ4n) is 1.08. The number of thioether (sulfide) groups is 1. The average molecular weight is 196 g/mol. The Bertz CT molecular complexity index is 297. The van der Waals surface area contributed by atoms with Gasteiger partial charge >= 0.3 is 0 Å². The smallest absolute Gasteiger partial charge is 0.176 e. The summed E-state index contributed by atoms with van der Waals surface area (Å²) in [5.74, 6) is 1.27. The molecule has 1 aromatic rings. The summed E-state index contributed by atoms with van der Waals surface area (Å²) in [4.78, 5) is 11.5. The molecule has 0 heterocycles. The molecule has 0 saturated carbocycles. The van der Waals surface area contributed by atoms with Crippen molar-refractivity contribution in [3.8, 4) is 5.75 Å². The van der Waals surface area contributed by atoms with E-state index in [-0.39, 0.29) is 5.78 Å². The number of carbonyl (C=O) groups excluding carboxylic acids is 1. The van der Waals surface area contributed by atoms with Crippen molar-refractivity contribution in [3.63, 3.8) is 0 Å². The van der Waals surface area contributed by atoms with Crippen LogP contribution in [0, 0.1) is 0 Å². The van der Waals surface area contributed by atoms with Crippen LogP contribution in [0.25, 0.3) is 0 Å². The predicted octanol–water partition coefficient (Wildman–Crippen LogP) is 2.24. The lowest BCUT2D eigenvalue weighted by Gasteiger charge is -2.05. The highest BCUT2D eigenvalue weighted by molar-refractivity contribution is 7.99. The number of carbonyl (C=O) groups is 1. The zero-order valence-corrected chi connectivity index (χ0v) is 8.56. The summed E-state index contributed by atoms with van der Waals surface area (Å²) in [7, 11) is 1.57. The van der Waals surface area contributed by atoms with Crippen molar-refractivity contribution < 1.29 is 9.53 Å². The van der Waals surface area contributed by atoms with Crippen LogP contribution in [0.1, 0.15) is 10.4 Å². The van der Waals surface area contributed by atoms with E-state index in [1.807, 2.05) is 18.4 Å². The summed E-state index contributed by atoms with van der Waals surface area (Å²) < 4.78 is 5.08. The molecule has 0 aliphatic carbocycles. The Labute approximate surface area is 82.3 Å². The van der Waals surface area contributed by atoms with E-state index in [1.54, 1.807) is 19.2 Å². The fraction of sp³-hybridized carbons (Fsp3) is 0.300. The Morgan fingerprint density at radius 2 is 2.15 bits per heavy atom. The highest BCUT2D eigenvalue weighted by Gasteiger charge is 2.09. The number of hydrogen-bond donors (Lipinski definition) is 0. The van der Waals surface area contributed by atoms with Gasteiger partial charge in [-0.25, -0.2) is 0 Å². The lowest BCUT2D eigenvalue weighted by atomic mass is 10.1. The molecule has 0 amide bonds. The molecule has 0 saturated heterocycles. The van der Waals surface area contributed by atoms with Gasteiger partial charge in [0.25, 0.3) is 0 Å². The van der Waals surface area contributed by atoms with Gasteiger partial charge in [0.2, 0.25) is 0 Å². The van der Waals surface area contributed by atoms with Crippen LogP contribution in [-0.4, -0.2) is 24.9 Å². The van der Waals surface area contributed by atoms with Gasteiger partial charge in [-0.05, 0) is 18.4 Å². The van der Waals surface area contributed by atoms with Crippen molar-refractivity contribution in [1.82, 2.24) is 0 Å². The molecule has 0 aliphatic heterocycles. The van der Waals surface area contributed by atoms with Gasteiger partial charge in [0.1, 0.15) is 5.75 Å². The molecule has 0 radical (unpaired) electrons. The predicted molar refractivity (Wildman–Crippen MR) is 55.7 cm³/mol. The maximum atomic E-state index is 11.5. The van der Waals surface area contributed by atoms with Crippen LogP contribution in [0.15, 0.2) is 24.3 Å². The minimum atomic E-state index is 0.116. The van der Waals surface area contributed by atoms with Crippen molar-refractivity contribution in [3.05, 3.63) is 29.8 Å².